The molecule has 2 rings (SSSR count). The fourth-order valence-corrected chi connectivity index (χ4v) is 1.80. The Labute approximate surface area is 125 Å². The Hall–Kier alpha value is -2.30. The van der Waals surface area contributed by atoms with E-state index in [1.54, 1.807) is 7.11 Å². The third-order valence-corrected chi connectivity index (χ3v) is 3.21. The van der Waals surface area contributed by atoms with E-state index in [0.29, 0.717) is 5.82 Å². The summed E-state index contributed by atoms with van der Waals surface area (Å²) in [5, 5.41) is 3.29. The van der Waals surface area contributed by atoms with Crippen LogP contribution < -0.4 is 15.8 Å². The molecule has 0 saturated carbocycles. The van der Waals surface area contributed by atoms with E-state index in [9.17, 15) is 0 Å². The smallest absolute Gasteiger partial charge is 0.139 e. The number of nitrogen functional groups attached to an aromatic ring is 1. The Kier molecular flexibility index (Phi) is 4.02. The molecule has 0 fully saturated rings. The van der Waals surface area contributed by atoms with E-state index in [1.165, 1.54) is 0 Å². The molecule has 1 aromatic heterocycles. The van der Waals surface area contributed by atoms with E-state index >= 15 is 0 Å². The molecule has 0 atom stereocenters. The Balaban J connectivity index is 2.36. The van der Waals surface area contributed by atoms with Crippen LogP contribution in [0.3, 0.4) is 0 Å². The maximum absolute atomic E-state index is 6.01. The van der Waals surface area contributed by atoms with Crippen molar-refractivity contribution < 1.29 is 4.74 Å². The van der Waals surface area contributed by atoms with Crippen molar-refractivity contribution >= 4 is 17.3 Å². The van der Waals surface area contributed by atoms with E-state index in [1.807, 2.05) is 31.2 Å². The fourth-order valence-electron chi connectivity index (χ4n) is 1.80. The Morgan fingerprint density at radius 3 is 2.24 bits per heavy atom. The molecular formula is C16H22N4O. The monoisotopic (exact) mass is 286 g/mol. The third-order valence-electron chi connectivity index (χ3n) is 3.21. The molecule has 5 heteroatoms. The molecular weight excluding hydrogens is 264 g/mol. The maximum Gasteiger partial charge on any atom is 0.139 e. The van der Waals surface area contributed by atoms with Crippen LogP contribution in [0.5, 0.6) is 5.75 Å². The van der Waals surface area contributed by atoms with Crippen LogP contribution in [0.2, 0.25) is 0 Å². The molecule has 0 bridgehead atoms. The molecule has 0 spiro atoms. The number of rotatable bonds is 3. The number of nitrogens with two attached hydrogens (primary N) is 1. The van der Waals surface area contributed by atoms with Crippen molar-refractivity contribution in [3.8, 4) is 5.75 Å². The van der Waals surface area contributed by atoms with Crippen LogP contribution in [0.15, 0.2) is 24.3 Å². The minimum Gasteiger partial charge on any atom is -0.497 e. The molecule has 112 valence electrons. The lowest BCUT2D eigenvalue weighted by molar-refractivity contribution is 0.415. The zero-order valence-corrected chi connectivity index (χ0v) is 13.2. The predicted molar refractivity (Wildman–Crippen MR) is 86.2 cm³/mol. The van der Waals surface area contributed by atoms with Crippen LogP contribution in [0.4, 0.5) is 17.3 Å². The van der Waals surface area contributed by atoms with Crippen molar-refractivity contribution in [3.05, 3.63) is 35.7 Å². The Morgan fingerprint density at radius 2 is 1.71 bits per heavy atom. The normalized spacial score (nSPS) is 11.3. The zero-order valence-electron chi connectivity index (χ0n) is 13.2. The Bertz CT molecular complexity index is 630. The van der Waals surface area contributed by atoms with Crippen LogP contribution in [-0.2, 0) is 5.41 Å². The second-order valence-electron chi connectivity index (χ2n) is 6.01. The SMILES string of the molecule is COc1ccc(Nc2nc(C(C)(C)C)nc(N)c2C)cc1. The second-order valence-corrected chi connectivity index (χ2v) is 6.01. The molecule has 0 aliphatic heterocycles. The molecule has 21 heavy (non-hydrogen) atoms. The van der Waals surface area contributed by atoms with Gasteiger partial charge in [-0.3, -0.25) is 0 Å². The van der Waals surface area contributed by atoms with Gasteiger partial charge in [0.2, 0.25) is 0 Å². The third kappa shape index (κ3) is 3.42. The molecule has 0 aliphatic rings. The fraction of sp³-hybridized carbons (Fsp3) is 0.375. The van der Waals surface area contributed by atoms with Crippen LogP contribution in [0.1, 0.15) is 32.2 Å². The highest BCUT2D eigenvalue weighted by Crippen LogP contribution is 2.27. The van der Waals surface area contributed by atoms with Crippen LogP contribution in [0, 0.1) is 6.92 Å². The summed E-state index contributed by atoms with van der Waals surface area (Å²) in [7, 11) is 1.65. The predicted octanol–water partition coefficient (Wildman–Crippen LogP) is 3.42. The van der Waals surface area contributed by atoms with Gasteiger partial charge in [-0.2, -0.15) is 0 Å². The lowest BCUT2D eigenvalue weighted by Gasteiger charge is -2.19. The Morgan fingerprint density at radius 1 is 1.10 bits per heavy atom. The van der Waals surface area contributed by atoms with Gasteiger partial charge in [0.15, 0.2) is 0 Å². The van der Waals surface area contributed by atoms with Gasteiger partial charge in [-0.1, -0.05) is 20.8 Å². The number of hydrogen-bond acceptors (Lipinski definition) is 5. The van der Waals surface area contributed by atoms with Crippen molar-refractivity contribution in [2.45, 2.75) is 33.1 Å². The van der Waals surface area contributed by atoms with Gasteiger partial charge in [-0.15, -0.1) is 0 Å². The second kappa shape index (κ2) is 5.60. The number of benzene rings is 1. The van der Waals surface area contributed by atoms with E-state index < -0.39 is 0 Å². The lowest BCUT2D eigenvalue weighted by Crippen LogP contribution is -2.18. The summed E-state index contributed by atoms with van der Waals surface area (Å²) < 4.78 is 5.15. The molecule has 1 aromatic carbocycles. The molecule has 0 aliphatic carbocycles. The van der Waals surface area contributed by atoms with Gasteiger partial charge in [0.05, 0.1) is 7.11 Å². The van der Waals surface area contributed by atoms with Gasteiger partial charge < -0.3 is 15.8 Å². The lowest BCUT2D eigenvalue weighted by atomic mass is 9.95. The standard InChI is InChI=1S/C16H22N4O/c1-10-13(17)19-15(16(2,3)4)20-14(10)18-11-6-8-12(21-5)9-7-11/h6-9H,1-5H3,(H3,17,18,19,20). The summed E-state index contributed by atoms with van der Waals surface area (Å²) in [5.41, 5.74) is 7.63. The van der Waals surface area contributed by atoms with Gasteiger partial charge >= 0.3 is 0 Å². The van der Waals surface area contributed by atoms with Gasteiger partial charge in [0.25, 0.3) is 0 Å². The number of nitrogens with zero attached hydrogens (tertiary/aromatic N) is 2. The van der Waals surface area contributed by atoms with Crippen molar-refractivity contribution in [1.29, 1.82) is 0 Å². The molecule has 2 aromatic rings. The minimum absolute atomic E-state index is 0.155. The van der Waals surface area contributed by atoms with Crippen LogP contribution >= 0.6 is 0 Å². The average molecular weight is 286 g/mol. The van der Waals surface area contributed by atoms with Crippen molar-refractivity contribution in [2.75, 3.05) is 18.2 Å². The topological polar surface area (TPSA) is 73.1 Å². The van der Waals surface area contributed by atoms with Crippen LogP contribution in [-0.4, -0.2) is 17.1 Å². The van der Waals surface area contributed by atoms with Crippen molar-refractivity contribution in [1.82, 2.24) is 9.97 Å². The number of aromatic nitrogens is 2. The van der Waals surface area contributed by atoms with Crippen LogP contribution in [0.25, 0.3) is 0 Å². The number of nitrogens with one attached hydrogen (secondary N) is 1. The number of hydrogen-bond donors (Lipinski definition) is 2. The highest BCUT2D eigenvalue weighted by atomic mass is 16.5. The molecule has 0 unspecified atom stereocenters. The maximum atomic E-state index is 6.01. The van der Waals surface area contributed by atoms with Gasteiger partial charge in [-0.05, 0) is 31.2 Å². The van der Waals surface area contributed by atoms with Gasteiger partial charge in [-0.25, -0.2) is 9.97 Å². The van der Waals surface area contributed by atoms with E-state index in [-0.39, 0.29) is 5.41 Å². The number of methoxy groups -OCH3 is 1. The molecule has 0 saturated heterocycles. The first kappa shape index (κ1) is 15.1. The number of ether oxygens (including phenoxy) is 1. The summed E-state index contributed by atoms with van der Waals surface area (Å²) in [6.45, 7) is 8.10. The first-order valence-corrected chi connectivity index (χ1v) is 6.87. The largest absolute Gasteiger partial charge is 0.497 e. The summed E-state index contributed by atoms with van der Waals surface area (Å²) in [4.78, 5) is 8.99. The number of anilines is 3. The zero-order chi connectivity index (χ0) is 15.6. The molecule has 0 radical (unpaired) electrons. The quantitative estimate of drug-likeness (QED) is 0.904. The summed E-state index contributed by atoms with van der Waals surface area (Å²) in [6, 6.07) is 7.67. The first-order chi connectivity index (χ1) is 9.81. The van der Waals surface area contributed by atoms with Crippen molar-refractivity contribution in [3.63, 3.8) is 0 Å². The summed E-state index contributed by atoms with van der Waals surface area (Å²) in [6.07, 6.45) is 0. The highest BCUT2D eigenvalue weighted by Gasteiger charge is 2.20. The summed E-state index contributed by atoms with van der Waals surface area (Å²) >= 11 is 0. The summed E-state index contributed by atoms with van der Waals surface area (Å²) in [5.74, 6) is 2.78. The van der Waals surface area contributed by atoms with E-state index in [4.69, 9.17) is 10.5 Å². The van der Waals surface area contributed by atoms with Gasteiger partial charge in [0.1, 0.15) is 23.2 Å². The van der Waals surface area contributed by atoms with E-state index in [2.05, 4.69) is 36.1 Å². The molecule has 1 heterocycles. The molecule has 5 nitrogen and oxygen atoms in total. The molecule has 0 amide bonds. The highest BCUT2D eigenvalue weighted by molar-refractivity contribution is 5.64. The molecule has 3 N–H and O–H groups in total. The van der Waals surface area contributed by atoms with E-state index in [0.717, 1.165) is 28.6 Å². The first-order valence-electron chi connectivity index (χ1n) is 6.87. The van der Waals surface area contributed by atoms with Crippen molar-refractivity contribution in [2.24, 2.45) is 0 Å². The minimum atomic E-state index is -0.155. The average Bonchev–Trinajstić information content (AvgIpc) is 2.43. The van der Waals surface area contributed by atoms with Gasteiger partial charge in [0, 0.05) is 16.7 Å².